The van der Waals surface area contributed by atoms with Crippen molar-refractivity contribution in [2.24, 2.45) is 0 Å². The van der Waals surface area contributed by atoms with Crippen molar-refractivity contribution in [1.29, 1.82) is 0 Å². The first kappa shape index (κ1) is 9.90. The molecule has 1 N–H and O–H groups in total. The van der Waals surface area contributed by atoms with Crippen LogP contribution in [0.1, 0.15) is 10.4 Å². The molecular formula is C11H13NS2. The molecule has 2 aromatic rings. The standard InChI is InChI=1S/C11H13NS2/c1-8-3-10(7-13-8)11-4-9(5-12-2)6-14-11/h3-4,6-7,12H,5H2,1-2H3. The van der Waals surface area contributed by atoms with Gasteiger partial charge in [0.1, 0.15) is 0 Å². The lowest BCUT2D eigenvalue weighted by atomic mass is 10.2. The van der Waals surface area contributed by atoms with E-state index in [9.17, 15) is 0 Å². The van der Waals surface area contributed by atoms with Gasteiger partial charge in [-0.1, -0.05) is 0 Å². The number of aryl methyl sites for hydroxylation is 1. The molecule has 0 unspecified atom stereocenters. The van der Waals surface area contributed by atoms with Crippen molar-refractivity contribution in [3.63, 3.8) is 0 Å². The van der Waals surface area contributed by atoms with Crippen molar-refractivity contribution in [2.45, 2.75) is 13.5 Å². The summed E-state index contributed by atoms with van der Waals surface area (Å²) in [7, 11) is 1.98. The van der Waals surface area contributed by atoms with E-state index < -0.39 is 0 Å². The largest absolute Gasteiger partial charge is 0.316 e. The summed E-state index contributed by atoms with van der Waals surface area (Å²) < 4.78 is 0. The number of nitrogens with one attached hydrogen (secondary N) is 1. The molecule has 0 aromatic carbocycles. The lowest BCUT2D eigenvalue weighted by molar-refractivity contribution is 0.821. The zero-order valence-electron chi connectivity index (χ0n) is 8.33. The number of hydrogen-bond acceptors (Lipinski definition) is 3. The highest BCUT2D eigenvalue weighted by Crippen LogP contribution is 2.30. The minimum absolute atomic E-state index is 0.958. The van der Waals surface area contributed by atoms with Gasteiger partial charge in [-0.3, -0.25) is 0 Å². The number of rotatable bonds is 3. The summed E-state index contributed by atoms with van der Waals surface area (Å²) in [4.78, 5) is 2.75. The van der Waals surface area contributed by atoms with E-state index >= 15 is 0 Å². The van der Waals surface area contributed by atoms with Gasteiger partial charge in [-0.25, -0.2) is 0 Å². The van der Waals surface area contributed by atoms with Crippen LogP contribution in [0, 0.1) is 6.92 Å². The Morgan fingerprint density at radius 1 is 1.21 bits per heavy atom. The van der Waals surface area contributed by atoms with Crippen molar-refractivity contribution in [2.75, 3.05) is 7.05 Å². The van der Waals surface area contributed by atoms with Crippen LogP contribution in [0.3, 0.4) is 0 Å². The van der Waals surface area contributed by atoms with E-state index in [4.69, 9.17) is 0 Å². The van der Waals surface area contributed by atoms with Crippen molar-refractivity contribution in [3.05, 3.63) is 33.3 Å². The third-order valence-corrected chi connectivity index (χ3v) is 3.94. The second-order valence-corrected chi connectivity index (χ2v) is 5.32. The molecule has 0 aliphatic carbocycles. The zero-order chi connectivity index (χ0) is 9.97. The molecule has 0 atom stereocenters. The van der Waals surface area contributed by atoms with Crippen LogP contribution >= 0.6 is 22.7 Å². The Balaban J connectivity index is 2.24. The maximum absolute atomic E-state index is 3.16. The summed E-state index contributed by atoms with van der Waals surface area (Å²) in [6.45, 7) is 3.11. The average Bonchev–Trinajstić information content (AvgIpc) is 2.74. The van der Waals surface area contributed by atoms with Gasteiger partial charge in [0.2, 0.25) is 0 Å². The predicted molar refractivity (Wildman–Crippen MR) is 65.1 cm³/mol. The third-order valence-electron chi connectivity index (χ3n) is 2.05. The Labute approximate surface area is 92.4 Å². The minimum Gasteiger partial charge on any atom is -0.316 e. The van der Waals surface area contributed by atoms with Gasteiger partial charge in [0.05, 0.1) is 0 Å². The molecular weight excluding hydrogens is 210 g/mol. The van der Waals surface area contributed by atoms with Gasteiger partial charge in [-0.05, 0) is 42.4 Å². The molecule has 0 radical (unpaired) electrons. The van der Waals surface area contributed by atoms with Gasteiger partial charge in [0.15, 0.2) is 0 Å². The smallest absolute Gasteiger partial charge is 0.0354 e. The van der Waals surface area contributed by atoms with Gasteiger partial charge in [-0.2, -0.15) is 0 Å². The van der Waals surface area contributed by atoms with Crippen molar-refractivity contribution < 1.29 is 0 Å². The predicted octanol–water partition coefficient (Wildman–Crippen LogP) is 3.50. The summed E-state index contributed by atoms with van der Waals surface area (Å²) in [5.41, 5.74) is 2.73. The first-order valence-electron chi connectivity index (χ1n) is 4.57. The second kappa shape index (κ2) is 4.26. The van der Waals surface area contributed by atoms with E-state index in [1.54, 1.807) is 0 Å². The number of thiophene rings is 2. The third kappa shape index (κ3) is 2.05. The molecule has 0 aliphatic heterocycles. The van der Waals surface area contributed by atoms with Gasteiger partial charge in [0, 0.05) is 21.9 Å². The molecule has 0 saturated carbocycles. The van der Waals surface area contributed by atoms with Crippen LogP contribution in [-0.2, 0) is 6.54 Å². The Morgan fingerprint density at radius 2 is 2.07 bits per heavy atom. The highest BCUT2D eigenvalue weighted by Gasteiger charge is 2.03. The first-order chi connectivity index (χ1) is 6.79. The molecule has 0 saturated heterocycles. The minimum atomic E-state index is 0.958. The maximum Gasteiger partial charge on any atom is 0.0354 e. The van der Waals surface area contributed by atoms with E-state index in [0.29, 0.717) is 0 Å². The molecule has 2 heterocycles. The van der Waals surface area contributed by atoms with Crippen LogP contribution in [0.15, 0.2) is 22.9 Å². The zero-order valence-corrected chi connectivity index (χ0v) is 9.97. The fraction of sp³-hybridized carbons (Fsp3) is 0.273. The summed E-state index contributed by atoms with van der Waals surface area (Å²) in [5.74, 6) is 0. The fourth-order valence-corrected chi connectivity index (χ4v) is 3.08. The van der Waals surface area contributed by atoms with E-state index in [1.165, 1.54) is 20.9 Å². The topological polar surface area (TPSA) is 12.0 Å². The molecule has 0 aliphatic rings. The molecule has 3 heteroatoms. The average molecular weight is 223 g/mol. The van der Waals surface area contributed by atoms with Crippen LogP contribution in [0.2, 0.25) is 0 Å². The van der Waals surface area contributed by atoms with Crippen LogP contribution < -0.4 is 5.32 Å². The monoisotopic (exact) mass is 223 g/mol. The maximum atomic E-state index is 3.16. The molecule has 0 fully saturated rings. The molecule has 14 heavy (non-hydrogen) atoms. The quantitative estimate of drug-likeness (QED) is 0.839. The lowest BCUT2D eigenvalue weighted by Gasteiger charge is -1.92. The van der Waals surface area contributed by atoms with Gasteiger partial charge in [-0.15, -0.1) is 22.7 Å². The summed E-state index contributed by atoms with van der Waals surface area (Å²) in [6.07, 6.45) is 0. The molecule has 2 rings (SSSR count). The van der Waals surface area contributed by atoms with Gasteiger partial charge in [0.25, 0.3) is 0 Å². The molecule has 74 valence electrons. The molecule has 0 spiro atoms. The van der Waals surface area contributed by atoms with Crippen molar-refractivity contribution >= 4 is 22.7 Å². The fourth-order valence-electron chi connectivity index (χ4n) is 1.40. The SMILES string of the molecule is CNCc1csc(-c2csc(C)c2)c1. The highest BCUT2D eigenvalue weighted by molar-refractivity contribution is 7.14. The summed E-state index contributed by atoms with van der Waals surface area (Å²) >= 11 is 3.64. The van der Waals surface area contributed by atoms with Crippen LogP contribution in [0.4, 0.5) is 0 Å². The normalized spacial score (nSPS) is 10.7. The summed E-state index contributed by atoms with van der Waals surface area (Å²) in [6, 6.07) is 4.52. The van der Waals surface area contributed by atoms with Crippen LogP contribution in [0.5, 0.6) is 0 Å². The Kier molecular flexibility index (Phi) is 3.01. The first-order valence-corrected chi connectivity index (χ1v) is 6.33. The van der Waals surface area contributed by atoms with Crippen LogP contribution in [0.25, 0.3) is 10.4 Å². The summed E-state index contributed by atoms with van der Waals surface area (Å²) in [5, 5.41) is 7.61. The Hall–Kier alpha value is -0.640. The van der Waals surface area contributed by atoms with Crippen LogP contribution in [-0.4, -0.2) is 7.05 Å². The van der Waals surface area contributed by atoms with Gasteiger partial charge >= 0.3 is 0 Å². The van der Waals surface area contributed by atoms with Crippen molar-refractivity contribution in [3.8, 4) is 10.4 Å². The highest BCUT2D eigenvalue weighted by atomic mass is 32.1. The van der Waals surface area contributed by atoms with Crippen molar-refractivity contribution in [1.82, 2.24) is 5.32 Å². The van der Waals surface area contributed by atoms with E-state index in [0.717, 1.165) is 6.54 Å². The second-order valence-electron chi connectivity index (χ2n) is 3.30. The Bertz CT molecular complexity index is 414. The Morgan fingerprint density at radius 3 is 2.71 bits per heavy atom. The number of hydrogen-bond donors (Lipinski definition) is 1. The van der Waals surface area contributed by atoms with E-state index in [2.05, 4.69) is 35.1 Å². The molecule has 1 nitrogen and oxygen atoms in total. The molecule has 0 amide bonds. The van der Waals surface area contributed by atoms with E-state index in [1.807, 2.05) is 29.7 Å². The lowest BCUT2D eigenvalue weighted by Crippen LogP contribution is -2.03. The van der Waals surface area contributed by atoms with E-state index in [-0.39, 0.29) is 0 Å². The van der Waals surface area contributed by atoms with Gasteiger partial charge < -0.3 is 5.32 Å². The molecule has 0 bridgehead atoms. The molecule has 2 aromatic heterocycles.